The summed E-state index contributed by atoms with van der Waals surface area (Å²) in [6, 6.07) is 5.23. The molecule has 0 aliphatic rings. The van der Waals surface area contributed by atoms with Crippen molar-refractivity contribution in [1.29, 1.82) is 0 Å². The summed E-state index contributed by atoms with van der Waals surface area (Å²) in [6.45, 7) is 1.63. The quantitative estimate of drug-likeness (QED) is 0.577. The first kappa shape index (κ1) is 15.2. The number of nitrogens with zero attached hydrogens (tertiary/aromatic N) is 2. The topological polar surface area (TPSA) is 77.6 Å². The van der Waals surface area contributed by atoms with Crippen LogP contribution in [0, 0.1) is 3.57 Å². The lowest BCUT2D eigenvalue weighted by Gasteiger charge is -2.00. The van der Waals surface area contributed by atoms with E-state index in [1.54, 1.807) is 19.2 Å². The van der Waals surface area contributed by atoms with Crippen molar-refractivity contribution in [2.45, 2.75) is 6.42 Å². The SMILES string of the molecule is COCCOCCc1noc(-c2ccc(I)c(O)c2)n1. The molecular weight excluding hydrogens is 375 g/mol. The summed E-state index contributed by atoms with van der Waals surface area (Å²) in [6.07, 6.45) is 0.573. The molecule has 108 valence electrons. The third-order valence-electron chi connectivity index (χ3n) is 2.56. The zero-order valence-electron chi connectivity index (χ0n) is 11.0. The van der Waals surface area contributed by atoms with Crippen LogP contribution in [0.3, 0.4) is 0 Å². The van der Waals surface area contributed by atoms with Gasteiger partial charge in [-0.1, -0.05) is 5.16 Å². The first-order valence-corrected chi connectivity index (χ1v) is 7.16. The number of aromatic hydroxyl groups is 1. The molecule has 0 fully saturated rings. The highest BCUT2D eigenvalue weighted by molar-refractivity contribution is 14.1. The van der Waals surface area contributed by atoms with E-state index in [0.29, 0.717) is 43.5 Å². The normalized spacial score (nSPS) is 10.9. The molecule has 1 aromatic carbocycles. The molecule has 20 heavy (non-hydrogen) atoms. The predicted octanol–water partition coefficient (Wildman–Crippen LogP) is 2.25. The monoisotopic (exact) mass is 390 g/mol. The maximum Gasteiger partial charge on any atom is 0.258 e. The van der Waals surface area contributed by atoms with Crippen LogP contribution in [0.4, 0.5) is 0 Å². The number of rotatable bonds is 7. The van der Waals surface area contributed by atoms with Crippen LogP contribution in [-0.2, 0) is 15.9 Å². The van der Waals surface area contributed by atoms with Crippen LogP contribution in [0.25, 0.3) is 11.5 Å². The van der Waals surface area contributed by atoms with Gasteiger partial charge in [-0.3, -0.25) is 0 Å². The van der Waals surface area contributed by atoms with Gasteiger partial charge in [-0.05, 0) is 40.8 Å². The molecule has 0 radical (unpaired) electrons. The fourth-order valence-electron chi connectivity index (χ4n) is 1.53. The van der Waals surface area contributed by atoms with Crippen molar-refractivity contribution in [2.24, 2.45) is 0 Å². The summed E-state index contributed by atoms with van der Waals surface area (Å²) in [5.41, 5.74) is 0.696. The minimum atomic E-state index is 0.200. The number of benzene rings is 1. The fraction of sp³-hybridized carbons (Fsp3) is 0.385. The van der Waals surface area contributed by atoms with Gasteiger partial charge >= 0.3 is 0 Å². The van der Waals surface area contributed by atoms with Crippen molar-refractivity contribution in [3.05, 3.63) is 27.6 Å². The average Bonchev–Trinajstić information content (AvgIpc) is 2.90. The maximum atomic E-state index is 9.66. The number of halogens is 1. The van der Waals surface area contributed by atoms with E-state index in [1.165, 1.54) is 0 Å². The second-order valence-electron chi connectivity index (χ2n) is 4.04. The lowest BCUT2D eigenvalue weighted by molar-refractivity contribution is 0.0714. The molecule has 0 aliphatic heterocycles. The number of ether oxygens (including phenoxy) is 2. The largest absolute Gasteiger partial charge is 0.507 e. The van der Waals surface area contributed by atoms with Crippen LogP contribution in [0.2, 0.25) is 0 Å². The Labute approximate surface area is 130 Å². The van der Waals surface area contributed by atoms with E-state index in [-0.39, 0.29) is 5.75 Å². The average molecular weight is 390 g/mol. The van der Waals surface area contributed by atoms with Crippen LogP contribution in [0.15, 0.2) is 22.7 Å². The summed E-state index contributed by atoms with van der Waals surface area (Å²) in [5, 5.41) is 13.5. The molecule has 0 spiro atoms. The fourth-order valence-corrected chi connectivity index (χ4v) is 1.86. The van der Waals surface area contributed by atoms with Gasteiger partial charge in [-0.15, -0.1) is 0 Å². The molecule has 6 nitrogen and oxygen atoms in total. The van der Waals surface area contributed by atoms with Gasteiger partial charge < -0.3 is 19.1 Å². The van der Waals surface area contributed by atoms with Crippen LogP contribution in [0.5, 0.6) is 5.75 Å². The molecular formula is C13H15IN2O4. The number of phenols is 1. The third kappa shape index (κ3) is 4.15. The van der Waals surface area contributed by atoms with Crippen molar-refractivity contribution in [1.82, 2.24) is 10.1 Å². The Morgan fingerprint density at radius 2 is 2.15 bits per heavy atom. The van der Waals surface area contributed by atoms with E-state index in [1.807, 2.05) is 6.07 Å². The molecule has 0 bridgehead atoms. The zero-order chi connectivity index (χ0) is 14.4. The lowest BCUT2D eigenvalue weighted by Crippen LogP contribution is -2.05. The highest BCUT2D eigenvalue weighted by Gasteiger charge is 2.10. The molecule has 0 saturated heterocycles. The van der Waals surface area contributed by atoms with E-state index < -0.39 is 0 Å². The molecule has 0 saturated carbocycles. The number of hydrogen-bond donors (Lipinski definition) is 1. The molecule has 1 heterocycles. The smallest absolute Gasteiger partial charge is 0.258 e. The summed E-state index contributed by atoms with van der Waals surface area (Å²) in [4.78, 5) is 4.27. The van der Waals surface area contributed by atoms with E-state index in [9.17, 15) is 5.11 Å². The molecule has 7 heteroatoms. The highest BCUT2D eigenvalue weighted by Crippen LogP contribution is 2.26. The van der Waals surface area contributed by atoms with Gasteiger partial charge in [0.2, 0.25) is 0 Å². The van der Waals surface area contributed by atoms with Gasteiger partial charge in [0.15, 0.2) is 5.82 Å². The standard InChI is InChI=1S/C13H15IN2O4/c1-18-6-7-19-5-4-12-15-13(20-16-12)9-2-3-10(14)11(17)8-9/h2-3,8,17H,4-7H2,1H3. The Bertz CT molecular complexity index is 559. The molecule has 1 aromatic heterocycles. The van der Waals surface area contributed by atoms with Crippen molar-refractivity contribution in [3.8, 4) is 17.2 Å². The summed E-state index contributed by atoms with van der Waals surface area (Å²) >= 11 is 2.05. The van der Waals surface area contributed by atoms with Crippen LogP contribution in [0.1, 0.15) is 5.82 Å². The molecule has 0 unspecified atom stereocenters. The van der Waals surface area contributed by atoms with Gasteiger partial charge in [0, 0.05) is 19.1 Å². The van der Waals surface area contributed by atoms with Crippen molar-refractivity contribution >= 4 is 22.6 Å². The molecule has 2 rings (SSSR count). The van der Waals surface area contributed by atoms with Crippen LogP contribution < -0.4 is 0 Å². The Morgan fingerprint density at radius 3 is 2.90 bits per heavy atom. The van der Waals surface area contributed by atoms with E-state index in [2.05, 4.69) is 32.7 Å². The van der Waals surface area contributed by atoms with Crippen molar-refractivity contribution in [3.63, 3.8) is 0 Å². The van der Waals surface area contributed by atoms with Gasteiger partial charge in [0.1, 0.15) is 5.75 Å². The number of hydrogen-bond acceptors (Lipinski definition) is 6. The van der Waals surface area contributed by atoms with Gasteiger partial charge in [0.25, 0.3) is 5.89 Å². The van der Waals surface area contributed by atoms with Crippen molar-refractivity contribution in [2.75, 3.05) is 26.9 Å². The molecule has 0 aliphatic carbocycles. The Hall–Kier alpha value is -1.19. The number of aromatic nitrogens is 2. The lowest BCUT2D eigenvalue weighted by atomic mass is 10.2. The minimum Gasteiger partial charge on any atom is -0.507 e. The molecule has 0 amide bonds. The van der Waals surface area contributed by atoms with Crippen LogP contribution >= 0.6 is 22.6 Å². The summed E-state index contributed by atoms with van der Waals surface area (Å²) < 4.78 is 16.2. The van der Waals surface area contributed by atoms with Gasteiger partial charge in [-0.2, -0.15) is 4.98 Å². The van der Waals surface area contributed by atoms with Crippen molar-refractivity contribution < 1.29 is 19.1 Å². The number of methoxy groups -OCH3 is 1. The molecule has 2 aromatic rings. The Kier molecular flexibility index (Phi) is 5.74. The Morgan fingerprint density at radius 1 is 1.30 bits per heavy atom. The molecule has 0 atom stereocenters. The zero-order valence-corrected chi connectivity index (χ0v) is 13.2. The Balaban J connectivity index is 1.93. The predicted molar refractivity (Wildman–Crippen MR) is 80.5 cm³/mol. The molecule has 1 N–H and O–H groups in total. The third-order valence-corrected chi connectivity index (χ3v) is 3.48. The second kappa shape index (κ2) is 7.55. The van der Waals surface area contributed by atoms with E-state index >= 15 is 0 Å². The summed E-state index contributed by atoms with van der Waals surface area (Å²) in [5.74, 6) is 1.17. The second-order valence-corrected chi connectivity index (χ2v) is 5.20. The number of phenolic OH excluding ortho intramolecular Hbond substituents is 1. The van der Waals surface area contributed by atoms with E-state index in [4.69, 9.17) is 14.0 Å². The first-order chi connectivity index (χ1) is 9.70. The summed E-state index contributed by atoms with van der Waals surface area (Å²) in [7, 11) is 1.63. The minimum absolute atomic E-state index is 0.200. The van der Waals surface area contributed by atoms with Gasteiger partial charge in [-0.25, -0.2) is 0 Å². The van der Waals surface area contributed by atoms with E-state index in [0.717, 1.165) is 3.57 Å². The first-order valence-electron chi connectivity index (χ1n) is 6.09. The maximum absolute atomic E-state index is 9.66. The van der Waals surface area contributed by atoms with Gasteiger partial charge in [0.05, 0.1) is 23.4 Å². The highest BCUT2D eigenvalue weighted by atomic mass is 127. The van der Waals surface area contributed by atoms with Crippen LogP contribution in [-0.4, -0.2) is 42.2 Å².